The van der Waals surface area contributed by atoms with Crippen LogP contribution in [-0.4, -0.2) is 25.3 Å². The second kappa shape index (κ2) is 9.42. The highest BCUT2D eigenvalue weighted by molar-refractivity contribution is 5.91. The molecule has 0 aliphatic rings. The zero-order valence-electron chi connectivity index (χ0n) is 17.7. The van der Waals surface area contributed by atoms with Crippen LogP contribution in [0.4, 0.5) is 17.6 Å². The minimum Gasteiger partial charge on any atom is -0.478 e. The maximum absolute atomic E-state index is 14.1. The van der Waals surface area contributed by atoms with Crippen molar-refractivity contribution < 1.29 is 36.4 Å². The van der Waals surface area contributed by atoms with E-state index in [4.69, 9.17) is 9.26 Å². The molecule has 2 aromatic carbocycles. The molecule has 0 unspecified atom stereocenters. The van der Waals surface area contributed by atoms with E-state index in [1.165, 1.54) is 14.2 Å². The average Bonchev–Trinajstić information content (AvgIpc) is 3.16. The monoisotopic (exact) mass is 451 g/mol. The van der Waals surface area contributed by atoms with Gasteiger partial charge in [-0.25, -0.2) is 4.39 Å². The smallest absolute Gasteiger partial charge is 0.416 e. The van der Waals surface area contributed by atoms with Gasteiger partial charge in [0.05, 0.1) is 25.2 Å². The van der Waals surface area contributed by atoms with Crippen molar-refractivity contribution in [3.05, 3.63) is 64.5 Å². The number of hydrogen-bond acceptors (Lipinski definition) is 5. The number of hydrogen-bond donors (Lipinski definition) is 0. The maximum atomic E-state index is 14.1. The summed E-state index contributed by atoms with van der Waals surface area (Å²) in [5.41, 5.74) is 1.05. The Labute approximate surface area is 181 Å². The second-order valence-electron chi connectivity index (χ2n) is 7.17. The van der Waals surface area contributed by atoms with Crippen LogP contribution in [-0.2, 0) is 15.7 Å². The number of benzene rings is 2. The van der Waals surface area contributed by atoms with E-state index < -0.39 is 23.5 Å². The van der Waals surface area contributed by atoms with Crippen LogP contribution >= 0.6 is 0 Å². The third kappa shape index (κ3) is 5.09. The average molecular weight is 451 g/mol. The van der Waals surface area contributed by atoms with Crippen LogP contribution in [0.5, 0.6) is 5.88 Å². The van der Waals surface area contributed by atoms with E-state index in [2.05, 4.69) is 9.89 Å². The van der Waals surface area contributed by atoms with E-state index in [-0.39, 0.29) is 17.9 Å². The largest absolute Gasteiger partial charge is 0.478 e. The number of methoxy groups -OCH3 is 2. The van der Waals surface area contributed by atoms with Gasteiger partial charge in [-0.2, -0.15) is 13.2 Å². The number of halogens is 4. The SMILES string of the molecule is COC(=O)CCCC=C(c1cc(F)cc(C(F)(F)F)c1)c1cc(C)c2onc(OC)c2c1. The van der Waals surface area contributed by atoms with Crippen LogP contribution in [0.25, 0.3) is 16.5 Å². The molecule has 32 heavy (non-hydrogen) atoms. The Morgan fingerprint density at radius 2 is 1.84 bits per heavy atom. The van der Waals surface area contributed by atoms with E-state index in [0.717, 1.165) is 12.1 Å². The first kappa shape index (κ1) is 23.3. The van der Waals surface area contributed by atoms with Gasteiger partial charge in [-0.05, 0) is 77.5 Å². The van der Waals surface area contributed by atoms with Gasteiger partial charge in [0.15, 0.2) is 5.58 Å². The fraction of sp³-hybridized carbons (Fsp3) is 0.304. The zero-order valence-corrected chi connectivity index (χ0v) is 17.7. The lowest BCUT2D eigenvalue weighted by Gasteiger charge is -2.14. The third-order valence-electron chi connectivity index (χ3n) is 4.93. The number of esters is 1. The van der Waals surface area contributed by atoms with Crippen molar-refractivity contribution in [1.29, 1.82) is 0 Å². The molecule has 0 saturated carbocycles. The Bertz CT molecular complexity index is 1160. The fourth-order valence-corrected chi connectivity index (χ4v) is 3.40. The van der Waals surface area contributed by atoms with E-state index >= 15 is 0 Å². The number of aryl methyl sites for hydroxylation is 1. The van der Waals surface area contributed by atoms with E-state index in [9.17, 15) is 22.4 Å². The molecule has 0 radical (unpaired) electrons. The van der Waals surface area contributed by atoms with Gasteiger partial charge in [-0.1, -0.05) is 6.08 Å². The molecule has 0 amide bonds. The summed E-state index contributed by atoms with van der Waals surface area (Å²) in [6.45, 7) is 1.76. The fourth-order valence-electron chi connectivity index (χ4n) is 3.40. The number of fused-ring (bicyclic) bond motifs is 1. The summed E-state index contributed by atoms with van der Waals surface area (Å²) in [6, 6.07) is 5.79. The molecule has 170 valence electrons. The number of aromatic nitrogens is 1. The van der Waals surface area contributed by atoms with Crippen molar-refractivity contribution >= 4 is 22.5 Å². The molecule has 0 saturated heterocycles. The number of alkyl halides is 3. The molecule has 0 spiro atoms. The molecule has 0 aliphatic carbocycles. The van der Waals surface area contributed by atoms with Gasteiger partial charge in [0.1, 0.15) is 5.82 Å². The molecule has 3 aromatic rings. The van der Waals surface area contributed by atoms with Crippen molar-refractivity contribution in [2.24, 2.45) is 0 Å². The topological polar surface area (TPSA) is 61.6 Å². The molecule has 0 N–H and O–H groups in total. The van der Waals surface area contributed by atoms with Crippen LogP contribution in [0, 0.1) is 12.7 Å². The molecule has 1 heterocycles. The van der Waals surface area contributed by atoms with Crippen LogP contribution in [0.15, 0.2) is 40.9 Å². The van der Waals surface area contributed by atoms with Crippen LogP contribution in [0.1, 0.15) is 41.5 Å². The van der Waals surface area contributed by atoms with Gasteiger partial charge in [0.2, 0.25) is 0 Å². The van der Waals surface area contributed by atoms with Gasteiger partial charge in [0, 0.05) is 6.42 Å². The van der Waals surface area contributed by atoms with Crippen LogP contribution in [0.3, 0.4) is 0 Å². The first-order valence-corrected chi connectivity index (χ1v) is 9.73. The Morgan fingerprint density at radius 1 is 1.12 bits per heavy atom. The van der Waals surface area contributed by atoms with Crippen LogP contribution in [0.2, 0.25) is 0 Å². The molecular formula is C23H21F4NO4. The number of rotatable bonds is 7. The Morgan fingerprint density at radius 3 is 2.50 bits per heavy atom. The lowest BCUT2D eigenvalue weighted by atomic mass is 9.92. The number of nitrogens with zero attached hydrogens (tertiary/aromatic N) is 1. The van der Waals surface area contributed by atoms with Crippen molar-refractivity contribution in [3.8, 4) is 5.88 Å². The number of ether oxygens (including phenoxy) is 2. The summed E-state index contributed by atoms with van der Waals surface area (Å²) in [4.78, 5) is 11.4. The lowest BCUT2D eigenvalue weighted by Crippen LogP contribution is -2.06. The second-order valence-corrected chi connectivity index (χ2v) is 7.17. The summed E-state index contributed by atoms with van der Waals surface area (Å²) < 4.78 is 69.1. The molecule has 0 fully saturated rings. The molecule has 0 bridgehead atoms. The quantitative estimate of drug-likeness (QED) is 0.248. The highest BCUT2D eigenvalue weighted by Gasteiger charge is 2.31. The number of carbonyl (C=O) groups excluding carboxylic acids is 1. The Kier molecular flexibility index (Phi) is 6.86. The maximum Gasteiger partial charge on any atom is 0.416 e. The summed E-state index contributed by atoms with van der Waals surface area (Å²) in [7, 11) is 2.70. The first-order chi connectivity index (χ1) is 15.1. The molecule has 3 rings (SSSR count). The Hall–Kier alpha value is -3.36. The summed E-state index contributed by atoms with van der Waals surface area (Å²) in [6.07, 6.45) is -2.10. The number of allylic oxidation sites excluding steroid dienone is 1. The van der Waals surface area contributed by atoms with E-state index in [0.29, 0.717) is 46.6 Å². The minimum absolute atomic E-state index is 0.0598. The molecule has 0 aliphatic heterocycles. The minimum atomic E-state index is -4.70. The molecule has 0 atom stereocenters. The van der Waals surface area contributed by atoms with E-state index in [1.54, 1.807) is 25.1 Å². The summed E-state index contributed by atoms with van der Waals surface area (Å²) in [5.74, 6) is -1.17. The summed E-state index contributed by atoms with van der Waals surface area (Å²) in [5, 5.41) is 4.37. The lowest BCUT2D eigenvalue weighted by molar-refractivity contribution is -0.140. The van der Waals surface area contributed by atoms with E-state index in [1.807, 2.05) is 0 Å². The van der Waals surface area contributed by atoms with Crippen molar-refractivity contribution in [1.82, 2.24) is 5.16 Å². The molecule has 9 heteroatoms. The standard InChI is InChI=1S/C23H21F4NO4/c1-13-8-14(11-19-21(13)32-28-22(19)31-3)18(6-4-5-7-20(29)30-2)15-9-16(23(25,26)27)12-17(24)10-15/h6,8-12H,4-5,7H2,1-3H3. The third-order valence-corrected chi connectivity index (χ3v) is 4.93. The number of unbranched alkanes of at least 4 members (excludes halogenated alkanes) is 1. The highest BCUT2D eigenvalue weighted by Crippen LogP contribution is 2.36. The van der Waals surface area contributed by atoms with Crippen LogP contribution < -0.4 is 4.74 Å². The van der Waals surface area contributed by atoms with Gasteiger partial charge < -0.3 is 14.0 Å². The Balaban J connectivity index is 2.13. The highest BCUT2D eigenvalue weighted by atomic mass is 19.4. The number of carbonyl (C=O) groups is 1. The summed E-state index contributed by atoms with van der Waals surface area (Å²) >= 11 is 0. The van der Waals surface area contributed by atoms with Gasteiger partial charge in [-0.3, -0.25) is 4.79 Å². The normalized spacial score (nSPS) is 12.3. The molecular weight excluding hydrogens is 430 g/mol. The predicted octanol–water partition coefficient (Wildman–Crippen LogP) is 6.08. The van der Waals surface area contributed by atoms with Gasteiger partial charge >= 0.3 is 12.1 Å². The van der Waals surface area contributed by atoms with Gasteiger partial charge in [-0.15, -0.1) is 0 Å². The zero-order chi connectivity index (χ0) is 23.5. The van der Waals surface area contributed by atoms with Gasteiger partial charge in [0.25, 0.3) is 5.88 Å². The predicted molar refractivity (Wildman–Crippen MR) is 110 cm³/mol. The van der Waals surface area contributed by atoms with Crippen molar-refractivity contribution in [2.45, 2.75) is 32.4 Å². The van der Waals surface area contributed by atoms with Crippen molar-refractivity contribution in [2.75, 3.05) is 14.2 Å². The van der Waals surface area contributed by atoms with Crippen molar-refractivity contribution in [3.63, 3.8) is 0 Å². The molecule has 1 aromatic heterocycles. The molecule has 5 nitrogen and oxygen atoms in total. The first-order valence-electron chi connectivity index (χ1n) is 9.73.